The van der Waals surface area contributed by atoms with E-state index in [2.05, 4.69) is 17.6 Å². The zero-order valence-corrected chi connectivity index (χ0v) is 11.7. The molecule has 1 rings (SSSR count). The zero-order chi connectivity index (χ0) is 14.1. The van der Waals surface area contributed by atoms with Crippen molar-refractivity contribution in [3.63, 3.8) is 0 Å². The maximum absolute atomic E-state index is 11.8. The summed E-state index contributed by atoms with van der Waals surface area (Å²) in [5.74, 6) is -0.0573. The highest BCUT2D eigenvalue weighted by molar-refractivity contribution is 5.94. The highest BCUT2D eigenvalue weighted by Gasteiger charge is 2.04. The van der Waals surface area contributed by atoms with Crippen molar-refractivity contribution in [3.05, 3.63) is 35.4 Å². The number of aryl methyl sites for hydroxylation is 1. The van der Waals surface area contributed by atoms with Gasteiger partial charge in [-0.3, -0.25) is 9.59 Å². The molecule has 1 aromatic rings. The van der Waals surface area contributed by atoms with E-state index in [1.807, 2.05) is 25.1 Å². The van der Waals surface area contributed by atoms with E-state index in [1.165, 1.54) is 0 Å². The smallest absolute Gasteiger partial charge is 0.251 e. The molecule has 0 unspecified atom stereocenters. The van der Waals surface area contributed by atoms with E-state index >= 15 is 0 Å². The standard InChI is InChI=1S/C15H22N2O2/c1-3-4-8-14(18)16-9-10-17-15(19)13-7-5-6-12(2)11-13/h5-7,11H,3-4,8-10H2,1-2H3,(H,16,18)(H,17,19). The molecule has 1 aromatic carbocycles. The van der Waals surface area contributed by atoms with Gasteiger partial charge in [0.2, 0.25) is 5.91 Å². The van der Waals surface area contributed by atoms with E-state index in [1.54, 1.807) is 6.07 Å². The van der Waals surface area contributed by atoms with Crippen molar-refractivity contribution in [2.75, 3.05) is 13.1 Å². The Hall–Kier alpha value is -1.84. The van der Waals surface area contributed by atoms with Gasteiger partial charge in [0.15, 0.2) is 0 Å². The molecule has 0 bridgehead atoms. The Morgan fingerprint density at radius 3 is 2.58 bits per heavy atom. The predicted molar refractivity (Wildman–Crippen MR) is 76.0 cm³/mol. The summed E-state index contributed by atoms with van der Waals surface area (Å²) in [5.41, 5.74) is 1.71. The van der Waals surface area contributed by atoms with E-state index in [-0.39, 0.29) is 11.8 Å². The summed E-state index contributed by atoms with van der Waals surface area (Å²) in [6, 6.07) is 7.43. The van der Waals surface area contributed by atoms with Gasteiger partial charge in [-0.25, -0.2) is 0 Å². The summed E-state index contributed by atoms with van der Waals surface area (Å²) in [5, 5.41) is 5.57. The van der Waals surface area contributed by atoms with Crippen molar-refractivity contribution >= 4 is 11.8 Å². The van der Waals surface area contributed by atoms with E-state index in [4.69, 9.17) is 0 Å². The average molecular weight is 262 g/mol. The minimum absolute atomic E-state index is 0.0478. The molecule has 4 nitrogen and oxygen atoms in total. The normalized spacial score (nSPS) is 10.0. The van der Waals surface area contributed by atoms with Gasteiger partial charge in [-0.05, 0) is 25.5 Å². The Balaban J connectivity index is 2.22. The zero-order valence-electron chi connectivity index (χ0n) is 11.7. The molecule has 0 aliphatic rings. The van der Waals surface area contributed by atoms with Gasteiger partial charge in [-0.1, -0.05) is 31.0 Å². The average Bonchev–Trinajstić information content (AvgIpc) is 2.41. The molecular weight excluding hydrogens is 240 g/mol. The van der Waals surface area contributed by atoms with E-state index < -0.39 is 0 Å². The van der Waals surface area contributed by atoms with Crippen LogP contribution in [0.1, 0.15) is 42.1 Å². The monoisotopic (exact) mass is 262 g/mol. The lowest BCUT2D eigenvalue weighted by Gasteiger charge is -2.07. The molecule has 2 amide bonds. The summed E-state index contributed by atoms with van der Waals surface area (Å²) in [6.45, 7) is 4.92. The second-order valence-corrected chi connectivity index (χ2v) is 4.58. The molecule has 4 heteroatoms. The molecule has 0 atom stereocenters. The van der Waals surface area contributed by atoms with Crippen molar-refractivity contribution < 1.29 is 9.59 Å². The third-order valence-electron chi connectivity index (χ3n) is 2.77. The van der Waals surface area contributed by atoms with Gasteiger partial charge >= 0.3 is 0 Å². The van der Waals surface area contributed by atoms with Gasteiger partial charge in [-0.2, -0.15) is 0 Å². The van der Waals surface area contributed by atoms with Gasteiger partial charge in [0.05, 0.1) is 0 Å². The number of carbonyl (C=O) groups is 2. The summed E-state index contributed by atoms with van der Waals surface area (Å²) in [4.78, 5) is 23.1. The first-order valence-electron chi connectivity index (χ1n) is 6.75. The third-order valence-corrected chi connectivity index (χ3v) is 2.77. The fraction of sp³-hybridized carbons (Fsp3) is 0.467. The highest BCUT2D eigenvalue weighted by Crippen LogP contribution is 2.03. The third kappa shape index (κ3) is 6.04. The van der Waals surface area contributed by atoms with Crippen molar-refractivity contribution in [2.45, 2.75) is 33.1 Å². The number of rotatable bonds is 7. The number of nitrogens with one attached hydrogen (secondary N) is 2. The quantitative estimate of drug-likeness (QED) is 0.739. The second kappa shape index (κ2) is 8.29. The molecule has 0 aromatic heterocycles. The highest BCUT2D eigenvalue weighted by atomic mass is 16.2. The molecule has 104 valence electrons. The van der Waals surface area contributed by atoms with Gasteiger partial charge in [0, 0.05) is 25.1 Å². The number of unbranched alkanes of at least 4 members (excludes halogenated alkanes) is 1. The summed E-state index contributed by atoms with van der Waals surface area (Å²) < 4.78 is 0. The van der Waals surface area contributed by atoms with Crippen molar-refractivity contribution in [1.82, 2.24) is 10.6 Å². The fourth-order valence-electron chi connectivity index (χ4n) is 1.69. The van der Waals surface area contributed by atoms with Crippen LogP contribution in [0, 0.1) is 6.92 Å². The lowest BCUT2D eigenvalue weighted by molar-refractivity contribution is -0.121. The maximum Gasteiger partial charge on any atom is 0.251 e. The molecule has 0 radical (unpaired) electrons. The number of benzene rings is 1. The van der Waals surface area contributed by atoms with Crippen LogP contribution in [-0.2, 0) is 4.79 Å². The SMILES string of the molecule is CCCCC(=O)NCCNC(=O)c1cccc(C)c1. The molecule has 0 spiro atoms. The second-order valence-electron chi connectivity index (χ2n) is 4.58. The van der Waals surface area contributed by atoms with Crippen molar-refractivity contribution in [3.8, 4) is 0 Å². The Bertz CT molecular complexity index is 430. The molecule has 0 heterocycles. The molecule has 0 fully saturated rings. The molecule has 0 aliphatic carbocycles. The minimum atomic E-state index is -0.105. The largest absolute Gasteiger partial charge is 0.354 e. The minimum Gasteiger partial charge on any atom is -0.354 e. The van der Waals surface area contributed by atoms with Crippen LogP contribution >= 0.6 is 0 Å². The van der Waals surface area contributed by atoms with E-state index in [0.717, 1.165) is 18.4 Å². The van der Waals surface area contributed by atoms with E-state index in [9.17, 15) is 9.59 Å². The lowest BCUT2D eigenvalue weighted by Crippen LogP contribution is -2.34. The molecule has 0 saturated carbocycles. The number of amides is 2. The topological polar surface area (TPSA) is 58.2 Å². The number of hydrogen-bond donors (Lipinski definition) is 2. The molecule has 19 heavy (non-hydrogen) atoms. The molecule has 2 N–H and O–H groups in total. The first-order valence-corrected chi connectivity index (χ1v) is 6.75. The number of hydrogen-bond acceptors (Lipinski definition) is 2. The van der Waals surface area contributed by atoms with Crippen LogP contribution in [0.2, 0.25) is 0 Å². The summed E-state index contributed by atoms with van der Waals surface area (Å²) >= 11 is 0. The van der Waals surface area contributed by atoms with Crippen molar-refractivity contribution in [2.24, 2.45) is 0 Å². The Morgan fingerprint density at radius 1 is 1.16 bits per heavy atom. The summed E-state index contributed by atoms with van der Waals surface area (Å²) in [6.07, 6.45) is 2.47. The Labute approximate surface area is 114 Å². The fourth-order valence-corrected chi connectivity index (χ4v) is 1.69. The Kier molecular flexibility index (Phi) is 6.64. The first kappa shape index (κ1) is 15.2. The van der Waals surface area contributed by atoms with Crippen LogP contribution in [0.3, 0.4) is 0 Å². The Morgan fingerprint density at radius 2 is 1.89 bits per heavy atom. The van der Waals surface area contributed by atoms with Crippen LogP contribution < -0.4 is 10.6 Å². The number of carbonyl (C=O) groups excluding carboxylic acids is 2. The molecule has 0 saturated heterocycles. The van der Waals surface area contributed by atoms with Gasteiger partial charge < -0.3 is 10.6 Å². The van der Waals surface area contributed by atoms with Gasteiger partial charge in [0.25, 0.3) is 5.91 Å². The van der Waals surface area contributed by atoms with Crippen LogP contribution in [0.5, 0.6) is 0 Å². The van der Waals surface area contributed by atoms with Crippen LogP contribution in [0.4, 0.5) is 0 Å². The van der Waals surface area contributed by atoms with Gasteiger partial charge in [0.1, 0.15) is 0 Å². The van der Waals surface area contributed by atoms with Gasteiger partial charge in [-0.15, -0.1) is 0 Å². The van der Waals surface area contributed by atoms with Crippen LogP contribution in [0.15, 0.2) is 24.3 Å². The predicted octanol–water partition coefficient (Wildman–Crippen LogP) is 2.03. The molecule has 0 aliphatic heterocycles. The van der Waals surface area contributed by atoms with E-state index in [0.29, 0.717) is 25.1 Å². The molecular formula is C15H22N2O2. The lowest BCUT2D eigenvalue weighted by atomic mass is 10.1. The van der Waals surface area contributed by atoms with Crippen LogP contribution in [0.25, 0.3) is 0 Å². The van der Waals surface area contributed by atoms with Crippen LogP contribution in [-0.4, -0.2) is 24.9 Å². The maximum atomic E-state index is 11.8. The summed E-state index contributed by atoms with van der Waals surface area (Å²) in [7, 11) is 0. The first-order chi connectivity index (χ1) is 9.13. The van der Waals surface area contributed by atoms with Crippen molar-refractivity contribution in [1.29, 1.82) is 0 Å².